The number of carboxylic acid groups (broad SMARTS) is 1. The number of hydrogen-bond acceptors (Lipinski definition) is 4. The molecule has 0 aliphatic carbocycles. The van der Waals surface area contributed by atoms with Crippen LogP contribution in [0.1, 0.15) is 49.8 Å². The highest BCUT2D eigenvalue weighted by atomic mass is 16.5. The van der Waals surface area contributed by atoms with Gasteiger partial charge in [0.25, 0.3) is 0 Å². The van der Waals surface area contributed by atoms with Crippen molar-refractivity contribution < 1.29 is 24.5 Å². The summed E-state index contributed by atoms with van der Waals surface area (Å²) in [6.07, 6.45) is 3.93. The van der Waals surface area contributed by atoms with Crippen LogP contribution >= 0.6 is 0 Å². The average molecular weight is 463 g/mol. The van der Waals surface area contributed by atoms with Crippen molar-refractivity contribution in [2.75, 3.05) is 13.2 Å². The topological polar surface area (TPSA) is 76.0 Å². The number of carboxylic acids is 1. The Morgan fingerprint density at radius 2 is 1.59 bits per heavy atom. The molecule has 180 valence electrons. The van der Waals surface area contributed by atoms with Crippen molar-refractivity contribution in [3.8, 4) is 28.4 Å². The van der Waals surface area contributed by atoms with Gasteiger partial charge in [-0.2, -0.15) is 0 Å². The van der Waals surface area contributed by atoms with Gasteiger partial charge in [-0.05, 0) is 53.6 Å². The molecule has 2 N–H and O–H groups in total. The van der Waals surface area contributed by atoms with Gasteiger partial charge in [0, 0.05) is 24.5 Å². The molecule has 0 heterocycles. The minimum Gasteiger partial charge on any atom is -0.507 e. The first-order valence-electron chi connectivity index (χ1n) is 12.0. The third kappa shape index (κ3) is 6.77. The molecule has 3 aromatic rings. The second-order valence-electron chi connectivity index (χ2n) is 8.28. The molecule has 0 unspecified atom stereocenters. The van der Waals surface area contributed by atoms with E-state index in [0.29, 0.717) is 31.8 Å². The molecule has 0 amide bonds. The van der Waals surface area contributed by atoms with Crippen LogP contribution in [0.25, 0.3) is 11.1 Å². The number of benzene rings is 3. The normalized spacial score (nSPS) is 10.8. The van der Waals surface area contributed by atoms with Crippen LogP contribution in [0.5, 0.6) is 17.2 Å². The summed E-state index contributed by atoms with van der Waals surface area (Å²) in [7, 11) is 0. The van der Waals surface area contributed by atoms with Crippen LogP contribution in [0, 0.1) is 0 Å². The number of phenols is 1. The predicted molar refractivity (Wildman–Crippen MR) is 135 cm³/mol. The molecule has 0 aromatic heterocycles. The van der Waals surface area contributed by atoms with Gasteiger partial charge in [-0.1, -0.05) is 62.7 Å². The highest BCUT2D eigenvalue weighted by Gasteiger charge is 2.12. The summed E-state index contributed by atoms with van der Waals surface area (Å²) in [5, 5.41) is 19.6. The first-order valence-corrected chi connectivity index (χ1v) is 12.0. The first kappa shape index (κ1) is 25.2. The fourth-order valence-corrected chi connectivity index (χ4v) is 4.05. The molecular weight excluding hydrogens is 428 g/mol. The maximum atomic E-state index is 11.0. The van der Waals surface area contributed by atoms with Gasteiger partial charge < -0.3 is 19.7 Å². The number of rotatable bonds is 13. The highest BCUT2D eigenvalue weighted by Crippen LogP contribution is 2.35. The molecule has 0 fully saturated rings. The van der Waals surface area contributed by atoms with Crippen molar-refractivity contribution in [3.05, 3.63) is 77.4 Å². The van der Waals surface area contributed by atoms with E-state index in [-0.39, 0.29) is 12.2 Å². The molecule has 5 nitrogen and oxygen atoms in total. The Morgan fingerprint density at radius 1 is 0.853 bits per heavy atom. The lowest BCUT2D eigenvalue weighted by Crippen LogP contribution is -2.08. The zero-order valence-electron chi connectivity index (χ0n) is 20.0. The number of hydrogen-bond donors (Lipinski definition) is 2. The van der Waals surface area contributed by atoms with Gasteiger partial charge in [-0.15, -0.1) is 0 Å². The van der Waals surface area contributed by atoms with Crippen molar-refractivity contribution in [2.45, 2.75) is 52.4 Å². The van der Waals surface area contributed by atoms with Crippen molar-refractivity contribution >= 4 is 5.97 Å². The summed E-state index contributed by atoms with van der Waals surface area (Å²) in [5.41, 5.74) is 4.97. The van der Waals surface area contributed by atoms with Crippen molar-refractivity contribution in [3.63, 3.8) is 0 Å². The number of ether oxygens (including phenoxy) is 2. The quantitative estimate of drug-likeness (QED) is 0.286. The Balaban J connectivity index is 1.59. The van der Waals surface area contributed by atoms with E-state index in [2.05, 4.69) is 13.8 Å². The lowest BCUT2D eigenvalue weighted by atomic mass is 9.98. The lowest BCUT2D eigenvalue weighted by molar-refractivity contribution is -0.136. The van der Waals surface area contributed by atoms with Crippen LogP contribution in [0.4, 0.5) is 0 Å². The number of carbonyl (C=O) groups is 1. The third-order valence-electron chi connectivity index (χ3n) is 5.79. The van der Waals surface area contributed by atoms with E-state index >= 15 is 0 Å². The Morgan fingerprint density at radius 3 is 2.26 bits per heavy atom. The summed E-state index contributed by atoms with van der Waals surface area (Å²) in [4.78, 5) is 11.0. The number of aryl methyl sites for hydroxylation is 2. The van der Waals surface area contributed by atoms with Gasteiger partial charge in [-0.3, -0.25) is 4.79 Å². The molecule has 0 saturated carbocycles. The van der Waals surface area contributed by atoms with Crippen LogP contribution in [0.3, 0.4) is 0 Å². The largest absolute Gasteiger partial charge is 0.507 e. The SMILES string of the molecule is CCCc1c(CCC(=O)O)cccc1OCCCOc1cc(O)c(-c2ccccc2)cc1CC. The molecule has 0 saturated heterocycles. The summed E-state index contributed by atoms with van der Waals surface area (Å²) in [6, 6.07) is 19.4. The predicted octanol–water partition coefficient (Wildman–Crippen LogP) is 6.44. The van der Waals surface area contributed by atoms with E-state index in [9.17, 15) is 9.90 Å². The molecule has 0 aliphatic rings. The van der Waals surface area contributed by atoms with Crippen molar-refractivity contribution in [1.29, 1.82) is 0 Å². The van der Waals surface area contributed by atoms with Crippen LogP contribution < -0.4 is 9.47 Å². The zero-order valence-corrected chi connectivity index (χ0v) is 20.0. The maximum Gasteiger partial charge on any atom is 0.303 e. The minimum absolute atomic E-state index is 0.115. The van der Waals surface area contributed by atoms with Gasteiger partial charge >= 0.3 is 5.97 Å². The molecular formula is C29H34O5. The Bertz CT molecular complexity index is 1080. The van der Waals surface area contributed by atoms with Gasteiger partial charge in [0.1, 0.15) is 17.2 Å². The fourth-order valence-electron chi connectivity index (χ4n) is 4.05. The number of aromatic hydroxyl groups is 1. The Hall–Kier alpha value is -3.47. The Kier molecular flexibility index (Phi) is 9.39. The Labute approximate surface area is 202 Å². The first-order chi connectivity index (χ1) is 16.5. The average Bonchev–Trinajstić information content (AvgIpc) is 2.84. The summed E-state index contributed by atoms with van der Waals surface area (Å²) >= 11 is 0. The summed E-state index contributed by atoms with van der Waals surface area (Å²) < 4.78 is 12.1. The third-order valence-corrected chi connectivity index (χ3v) is 5.79. The summed E-state index contributed by atoms with van der Waals surface area (Å²) in [5.74, 6) is 0.933. The lowest BCUT2D eigenvalue weighted by Gasteiger charge is -2.16. The molecule has 3 aromatic carbocycles. The second kappa shape index (κ2) is 12.7. The molecule has 0 bridgehead atoms. The number of aliphatic carboxylic acids is 1. The molecule has 0 atom stereocenters. The van der Waals surface area contributed by atoms with Crippen molar-refractivity contribution in [1.82, 2.24) is 0 Å². The molecule has 0 spiro atoms. The van der Waals surface area contributed by atoms with Crippen LogP contribution in [0.2, 0.25) is 0 Å². The van der Waals surface area contributed by atoms with E-state index in [1.807, 2.05) is 54.6 Å². The van der Waals surface area contributed by atoms with Gasteiger partial charge in [-0.25, -0.2) is 0 Å². The summed E-state index contributed by atoms with van der Waals surface area (Å²) in [6.45, 7) is 5.15. The maximum absolute atomic E-state index is 11.0. The highest BCUT2D eigenvalue weighted by molar-refractivity contribution is 5.72. The molecule has 0 radical (unpaired) electrons. The van der Waals surface area contributed by atoms with E-state index in [0.717, 1.165) is 52.8 Å². The minimum atomic E-state index is -0.791. The van der Waals surface area contributed by atoms with Crippen LogP contribution in [0.15, 0.2) is 60.7 Å². The molecule has 34 heavy (non-hydrogen) atoms. The van der Waals surface area contributed by atoms with Gasteiger partial charge in [0.15, 0.2) is 0 Å². The van der Waals surface area contributed by atoms with E-state index < -0.39 is 5.97 Å². The molecule has 5 heteroatoms. The van der Waals surface area contributed by atoms with E-state index in [4.69, 9.17) is 14.6 Å². The standard InChI is InChI=1S/C29H34O5/c1-3-10-24-23(15-16-29(31)32)13-8-14-27(24)33-17-9-18-34-28-20-26(30)25(19-21(28)4-2)22-11-6-5-7-12-22/h5-8,11-14,19-20,30H,3-4,9-10,15-18H2,1-2H3,(H,31,32). The van der Waals surface area contributed by atoms with E-state index in [1.54, 1.807) is 6.07 Å². The number of phenolic OH excluding ortho intramolecular Hbond substituents is 1. The fraction of sp³-hybridized carbons (Fsp3) is 0.345. The second-order valence-corrected chi connectivity index (χ2v) is 8.28. The van der Waals surface area contributed by atoms with Crippen LogP contribution in [-0.2, 0) is 24.1 Å². The smallest absolute Gasteiger partial charge is 0.303 e. The van der Waals surface area contributed by atoms with Gasteiger partial charge in [0.2, 0.25) is 0 Å². The zero-order chi connectivity index (χ0) is 24.3. The molecule has 0 aliphatic heterocycles. The van der Waals surface area contributed by atoms with Crippen LogP contribution in [-0.4, -0.2) is 29.4 Å². The van der Waals surface area contributed by atoms with Crippen molar-refractivity contribution in [2.24, 2.45) is 0 Å². The van der Waals surface area contributed by atoms with Gasteiger partial charge in [0.05, 0.1) is 13.2 Å². The van der Waals surface area contributed by atoms with E-state index in [1.165, 1.54) is 0 Å². The molecule has 3 rings (SSSR count). The monoisotopic (exact) mass is 462 g/mol.